The van der Waals surface area contributed by atoms with Crippen molar-refractivity contribution in [1.82, 2.24) is 0 Å². The number of hydrogen-bond donors (Lipinski definition) is 0. The first kappa shape index (κ1) is 10.1. The number of ether oxygens (including phenoxy) is 2. The number of rotatable bonds is 3. The molecule has 72 valence electrons. The Balaban J connectivity index is 2.67. The van der Waals surface area contributed by atoms with Gasteiger partial charge in [-0.2, -0.15) is 5.26 Å². The molecule has 0 unspecified atom stereocenters. The van der Waals surface area contributed by atoms with Gasteiger partial charge in [0, 0.05) is 0 Å². The molecule has 0 aliphatic heterocycles. The Morgan fingerprint density at radius 2 is 2.07 bits per heavy atom. The Kier molecular flexibility index (Phi) is 3.50. The van der Waals surface area contributed by atoms with E-state index in [1.165, 1.54) is 0 Å². The first-order valence-electron chi connectivity index (χ1n) is 3.96. The second-order valence-corrected chi connectivity index (χ2v) is 2.46. The van der Waals surface area contributed by atoms with Crippen LogP contribution in [0.1, 0.15) is 10.4 Å². The zero-order chi connectivity index (χ0) is 10.4. The fourth-order valence-electron chi connectivity index (χ4n) is 0.908. The van der Waals surface area contributed by atoms with Crippen LogP contribution in [0.15, 0.2) is 24.3 Å². The van der Waals surface area contributed by atoms with E-state index in [2.05, 4.69) is 4.74 Å². The summed E-state index contributed by atoms with van der Waals surface area (Å²) in [6.07, 6.45) is 0. The molecule has 0 saturated heterocycles. The van der Waals surface area contributed by atoms with Gasteiger partial charge in [0.05, 0.1) is 12.7 Å². The summed E-state index contributed by atoms with van der Waals surface area (Å²) < 4.78 is 9.54. The van der Waals surface area contributed by atoms with E-state index in [-0.39, 0.29) is 6.61 Å². The standard InChI is InChI=1S/C10H9NO3/c1-13-9-4-2-8(3-5-9)10(12)14-7-6-11/h2-5H,7H2,1H3. The minimum Gasteiger partial charge on any atom is -0.497 e. The SMILES string of the molecule is COc1ccc(C(=O)OCC#N)cc1. The lowest BCUT2D eigenvalue weighted by Gasteiger charge is -2.01. The molecule has 0 N–H and O–H groups in total. The number of nitriles is 1. The zero-order valence-electron chi connectivity index (χ0n) is 7.69. The highest BCUT2D eigenvalue weighted by Crippen LogP contribution is 2.11. The number of nitrogens with zero attached hydrogens (tertiary/aromatic N) is 1. The first-order valence-corrected chi connectivity index (χ1v) is 3.96. The smallest absolute Gasteiger partial charge is 0.339 e. The fraction of sp³-hybridized carbons (Fsp3) is 0.200. The van der Waals surface area contributed by atoms with Gasteiger partial charge in [0.15, 0.2) is 6.61 Å². The van der Waals surface area contributed by atoms with Gasteiger partial charge in [-0.25, -0.2) is 4.79 Å². The Labute approximate surface area is 81.7 Å². The van der Waals surface area contributed by atoms with Gasteiger partial charge in [-0.1, -0.05) is 0 Å². The summed E-state index contributed by atoms with van der Waals surface area (Å²) in [5.41, 5.74) is 0.404. The van der Waals surface area contributed by atoms with Crippen molar-refractivity contribution in [2.45, 2.75) is 0 Å². The summed E-state index contributed by atoms with van der Waals surface area (Å²) in [5, 5.41) is 8.20. The number of esters is 1. The van der Waals surface area contributed by atoms with Crippen molar-refractivity contribution in [1.29, 1.82) is 5.26 Å². The zero-order valence-corrected chi connectivity index (χ0v) is 7.69. The van der Waals surface area contributed by atoms with E-state index < -0.39 is 5.97 Å². The highest BCUT2D eigenvalue weighted by molar-refractivity contribution is 5.89. The van der Waals surface area contributed by atoms with E-state index in [0.29, 0.717) is 11.3 Å². The number of carbonyl (C=O) groups is 1. The first-order chi connectivity index (χ1) is 6.77. The summed E-state index contributed by atoms with van der Waals surface area (Å²) in [6, 6.07) is 8.20. The van der Waals surface area contributed by atoms with Crippen molar-refractivity contribution in [3.05, 3.63) is 29.8 Å². The molecule has 0 saturated carbocycles. The third-order valence-corrected chi connectivity index (χ3v) is 1.59. The lowest BCUT2D eigenvalue weighted by Crippen LogP contribution is -2.04. The van der Waals surface area contributed by atoms with E-state index in [1.807, 2.05) is 0 Å². The summed E-state index contributed by atoms with van der Waals surface area (Å²) in [4.78, 5) is 11.2. The van der Waals surface area contributed by atoms with E-state index in [4.69, 9.17) is 10.00 Å². The van der Waals surface area contributed by atoms with E-state index in [9.17, 15) is 4.79 Å². The quantitative estimate of drug-likeness (QED) is 0.677. The average Bonchev–Trinajstić information content (AvgIpc) is 2.26. The molecule has 4 heteroatoms. The molecular weight excluding hydrogens is 182 g/mol. The molecule has 1 rings (SSSR count). The van der Waals surface area contributed by atoms with Crippen molar-refractivity contribution in [2.75, 3.05) is 13.7 Å². The van der Waals surface area contributed by atoms with Crippen LogP contribution in [0, 0.1) is 11.3 Å². The van der Waals surface area contributed by atoms with Crippen LogP contribution in [0.2, 0.25) is 0 Å². The normalized spacial score (nSPS) is 8.86. The van der Waals surface area contributed by atoms with E-state index in [0.717, 1.165) is 0 Å². The molecule has 0 aromatic heterocycles. The summed E-state index contributed by atoms with van der Waals surface area (Å²) in [7, 11) is 1.54. The average molecular weight is 191 g/mol. The van der Waals surface area contributed by atoms with Crippen molar-refractivity contribution in [3.63, 3.8) is 0 Å². The molecule has 0 aliphatic rings. The Hall–Kier alpha value is -2.02. The lowest BCUT2D eigenvalue weighted by molar-refractivity contribution is 0.0555. The molecule has 0 bridgehead atoms. The maximum Gasteiger partial charge on any atom is 0.339 e. The highest BCUT2D eigenvalue weighted by atomic mass is 16.5. The molecule has 0 heterocycles. The van der Waals surface area contributed by atoms with Crippen molar-refractivity contribution >= 4 is 5.97 Å². The van der Waals surface area contributed by atoms with Crippen molar-refractivity contribution in [2.24, 2.45) is 0 Å². The predicted octanol–water partition coefficient (Wildman–Crippen LogP) is 1.38. The van der Waals surface area contributed by atoms with Crippen LogP contribution in [0.25, 0.3) is 0 Å². The van der Waals surface area contributed by atoms with Crippen LogP contribution < -0.4 is 4.74 Å². The molecule has 4 nitrogen and oxygen atoms in total. The third-order valence-electron chi connectivity index (χ3n) is 1.59. The van der Waals surface area contributed by atoms with Crippen LogP contribution in [0.3, 0.4) is 0 Å². The summed E-state index contributed by atoms with van der Waals surface area (Å²) in [5.74, 6) is 0.163. The Morgan fingerprint density at radius 1 is 1.43 bits per heavy atom. The largest absolute Gasteiger partial charge is 0.497 e. The molecule has 0 amide bonds. The van der Waals surface area contributed by atoms with Gasteiger partial charge >= 0.3 is 5.97 Å². The predicted molar refractivity (Wildman–Crippen MR) is 48.9 cm³/mol. The second-order valence-electron chi connectivity index (χ2n) is 2.46. The topological polar surface area (TPSA) is 59.3 Å². The van der Waals surface area contributed by atoms with Crippen LogP contribution in [-0.4, -0.2) is 19.7 Å². The van der Waals surface area contributed by atoms with Gasteiger partial charge in [0.2, 0.25) is 0 Å². The maximum atomic E-state index is 11.2. The molecule has 14 heavy (non-hydrogen) atoms. The van der Waals surface area contributed by atoms with Gasteiger partial charge < -0.3 is 9.47 Å². The molecule has 0 radical (unpaired) electrons. The molecule has 0 atom stereocenters. The molecule has 1 aromatic rings. The van der Waals surface area contributed by atoms with Crippen LogP contribution in [-0.2, 0) is 4.74 Å². The van der Waals surface area contributed by atoms with Crippen LogP contribution >= 0.6 is 0 Å². The van der Waals surface area contributed by atoms with Crippen LogP contribution in [0.4, 0.5) is 0 Å². The maximum absolute atomic E-state index is 11.2. The van der Waals surface area contributed by atoms with E-state index in [1.54, 1.807) is 37.4 Å². The molecule has 0 aliphatic carbocycles. The monoisotopic (exact) mass is 191 g/mol. The van der Waals surface area contributed by atoms with Crippen LogP contribution in [0.5, 0.6) is 5.75 Å². The van der Waals surface area contributed by atoms with Gasteiger partial charge in [-0.05, 0) is 24.3 Å². The molecule has 0 spiro atoms. The number of methoxy groups -OCH3 is 1. The lowest BCUT2D eigenvalue weighted by atomic mass is 10.2. The Morgan fingerprint density at radius 3 is 2.57 bits per heavy atom. The van der Waals surface area contributed by atoms with Crippen molar-refractivity contribution < 1.29 is 14.3 Å². The van der Waals surface area contributed by atoms with Gasteiger partial charge in [0.1, 0.15) is 11.8 Å². The fourth-order valence-corrected chi connectivity index (χ4v) is 0.908. The molecule has 0 fully saturated rings. The van der Waals surface area contributed by atoms with Gasteiger partial charge in [0.25, 0.3) is 0 Å². The minimum absolute atomic E-state index is 0.231. The molecule has 1 aromatic carbocycles. The number of hydrogen-bond acceptors (Lipinski definition) is 4. The molecular formula is C10H9NO3. The Bertz CT molecular complexity index is 351. The summed E-state index contributed by atoms with van der Waals surface area (Å²) >= 11 is 0. The summed E-state index contributed by atoms with van der Waals surface area (Å²) in [6.45, 7) is -0.231. The number of benzene rings is 1. The van der Waals surface area contributed by atoms with Gasteiger partial charge in [-0.3, -0.25) is 0 Å². The second kappa shape index (κ2) is 4.87. The number of carbonyl (C=O) groups excluding carboxylic acids is 1. The third kappa shape index (κ3) is 2.49. The van der Waals surface area contributed by atoms with Gasteiger partial charge in [-0.15, -0.1) is 0 Å². The van der Waals surface area contributed by atoms with Crippen molar-refractivity contribution in [3.8, 4) is 11.8 Å². The minimum atomic E-state index is -0.505. The van der Waals surface area contributed by atoms with E-state index >= 15 is 0 Å². The highest BCUT2D eigenvalue weighted by Gasteiger charge is 2.05.